The number of rotatable bonds is 3. The zero-order chi connectivity index (χ0) is 18.2. The smallest absolute Gasteiger partial charge is 0.159 e. The van der Waals surface area contributed by atoms with Crippen molar-refractivity contribution in [3.63, 3.8) is 0 Å². The Balaban J connectivity index is 1.80. The molecule has 2 nitrogen and oxygen atoms in total. The molecule has 0 aliphatic heterocycles. The van der Waals surface area contributed by atoms with Gasteiger partial charge >= 0.3 is 0 Å². The minimum atomic E-state index is 0.894. The van der Waals surface area contributed by atoms with E-state index < -0.39 is 0 Å². The Morgan fingerprint density at radius 3 is 2.07 bits per heavy atom. The van der Waals surface area contributed by atoms with Gasteiger partial charge < -0.3 is 9.32 Å². The number of benzene rings is 4. The van der Waals surface area contributed by atoms with Gasteiger partial charge in [-0.3, -0.25) is 0 Å². The van der Waals surface area contributed by atoms with Crippen LogP contribution in [0.4, 0.5) is 17.1 Å². The zero-order valence-corrected chi connectivity index (χ0v) is 16.1. The van der Waals surface area contributed by atoms with Crippen LogP contribution in [0.25, 0.3) is 21.9 Å². The maximum absolute atomic E-state index is 6.28. The van der Waals surface area contributed by atoms with Gasteiger partial charge in [0.05, 0.1) is 5.69 Å². The van der Waals surface area contributed by atoms with E-state index in [0.717, 1.165) is 43.5 Å². The molecule has 5 aromatic rings. The van der Waals surface area contributed by atoms with Crippen LogP contribution in [-0.4, -0.2) is 0 Å². The summed E-state index contributed by atoms with van der Waals surface area (Å²) in [6.07, 6.45) is 0. The fourth-order valence-corrected chi connectivity index (χ4v) is 3.77. The SMILES string of the molecule is Brc1ccc(N(c2ccccc2)c2cccc3c2oc2ccccc23)cc1. The highest BCUT2D eigenvalue weighted by molar-refractivity contribution is 9.10. The lowest BCUT2D eigenvalue weighted by molar-refractivity contribution is 0.669. The molecule has 0 aliphatic rings. The monoisotopic (exact) mass is 413 g/mol. The molecule has 0 aliphatic carbocycles. The molecular formula is C24H16BrNO. The van der Waals surface area contributed by atoms with Crippen LogP contribution in [0.15, 0.2) is 106 Å². The van der Waals surface area contributed by atoms with Crippen LogP contribution in [0.5, 0.6) is 0 Å². The topological polar surface area (TPSA) is 16.4 Å². The van der Waals surface area contributed by atoms with E-state index in [-0.39, 0.29) is 0 Å². The molecule has 1 aromatic heterocycles. The second-order valence-electron chi connectivity index (χ2n) is 6.40. The molecule has 0 spiro atoms. The highest BCUT2D eigenvalue weighted by Crippen LogP contribution is 2.41. The number of fused-ring (bicyclic) bond motifs is 3. The summed E-state index contributed by atoms with van der Waals surface area (Å²) in [5.74, 6) is 0. The zero-order valence-electron chi connectivity index (χ0n) is 14.5. The average Bonchev–Trinajstić information content (AvgIpc) is 3.10. The molecule has 0 fully saturated rings. The number of halogens is 1. The Hall–Kier alpha value is -3.04. The van der Waals surface area contributed by atoms with E-state index >= 15 is 0 Å². The van der Waals surface area contributed by atoms with Crippen molar-refractivity contribution in [1.29, 1.82) is 0 Å². The van der Waals surface area contributed by atoms with Crippen molar-refractivity contribution in [2.75, 3.05) is 4.90 Å². The van der Waals surface area contributed by atoms with Crippen LogP contribution in [-0.2, 0) is 0 Å². The standard InChI is InChI=1S/C24H16BrNO/c25-17-13-15-19(16-14-17)26(18-7-2-1-3-8-18)22-11-6-10-21-20-9-4-5-12-23(20)27-24(21)22/h1-16H. The summed E-state index contributed by atoms with van der Waals surface area (Å²) in [6, 6.07) is 33.2. The first kappa shape index (κ1) is 16.2. The van der Waals surface area contributed by atoms with Gasteiger partial charge in [-0.05, 0) is 48.5 Å². The second kappa shape index (κ2) is 6.60. The molecule has 0 bridgehead atoms. The van der Waals surface area contributed by atoms with Crippen LogP contribution in [0, 0.1) is 0 Å². The van der Waals surface area contributed by atoms with Gasteiger partial charge in [-0.25, -0.2) is 0 Å². The van der Waals surface area contributed by atoms with Crippen molar-refractivity contribution in [3.8, 4) is 0 Å². The van der Waals surface area contributed by atoms with Gasteiger partial charge in [-0.15, -0.1) is 0 Å². The Morgan fingerprint density at radius 1 is 0.593 bits per heavy atom. The summed E-state index contributed by atoms with van der Waals surface area (Å²) in [5.41, 5.74) is 5.00. The summed E-state index contributed by atoms with van der Waals surface area (Å²) in [5, 5.41) is 2.26. The number of anilines is 3. The number of para-hydroxylation sites is 3. The highest BCUT2D eigenvalue weighted by Gasteiger charge is 2.18. The molecule has 130 valence electrons. The van der Waals surface area contributed by atoms with E-state index in [4.69, 9.17) is 4.42 Å². The van der Waals surface area contributed by atoms with Gasteiger partial charge in [0.15, 0.2) is 5.58 Å². The molecule has 27 heavy (non-hydrogen) atoms. The normalized spacial score (nSPS) is 11.1. The number of hydrogen-bond acceptors (Lipinski definition) is 2. The molecule has 4 aromatic carbocycles. The van der Waals surface area contributed by atoms with Crippen LogP contribution >= 0.6 is 15.9 Å². The Labute approximate surface area is 165 Å². The lowest BCUT2D eigenvalue weighted by Crippen LogP contribution is -2.09. The molecule has 0 amide bonds. The maximum Gasteiger partial charge on any atom is 0.159 e. The van der Waals surface area contributed by atoms with Crippen molar-refractivity contribution in [3.05, 3.63) is 102 Å². The molecule has 0 radical (unpaired) electrons. The van der Waals surface area contributed by atoms with Crippen molar-refractivity contribution in [2.45, 2.75) is 0 Å². The van der Waals surface area contributed by atoms with Gasteiger partial charge in [0, 0.05) is 26.6 Å². The van der Waals surface area contributed by atoms with Gasteiger partial charge in [-0.1, -0.05) is 64.5 Å². The first-order valence-corrected chi connectivity index (χ1v) is 9.61. The molecule has 0 N–H and O–H groups in total. The Kier molecular flexibility index (Phi) is 3.95. The summed E-state index contributed by atoms with van der Waals surface area (Å²) in [6.45, 7) is 0. The molecule has 3 heteroatoms. The van der Waals surface area contributed by atoms with E-state index in [1.165, 1.54) is 0 Å². The lowest BCUT2D eigenvalue weighted by Gasteiger charge is -2.25. The summed E-state index contributed by atoms with van der Waals surface area (Å²) < 4.78 is 7.34. The minimum absolute atomic E-state index is 0.894. The predicted octanol–water partition coefficient (Wildman–Crippen LogP) is 7.82. The Bertz CT molecular complexity index is 1230. The number of furan rings is 1. The third kappa shape index (κ3) is 2.81. The molecular weight excluding hydrogens is 398 g/mol. The van der Waals surface area contributed by atoms with Crippen LogP contribution in [0.1, 0.15) is 0 Å². The summed E-state index contributed by atoms with van der Waals surface area (Å²) >= 11 is 3.53. The molecule has 0 saturated heterocycles. The van der Waals surface area contributed by atoms with Crippen LogP contribution in [0.2, 0.25) is 0 Å². The van der Waals surface area contributed by atoms with Crippen molar-refractivity contribution in [2.24, 2.45) is 0 Å². The quantitative estimate of drug-likeness (QED) is 0.299. The van der Waals surface area contributed by atoms with Gasteiger partial charge in [-0.2, -0.15) is 0 Å². The van der Waals surface area contributed by atoms with E-state index in [0.29, 0.717) is 0 Å². The first-order valence-electron chi connectivity index (χ1n) is 8.82. The minimum Gasteiger partial charge on any atom is -0.454 e. The van der Waals surface area contributed by atoms with Crippen LogP contribution in [0.3, 0.4) is 0 Å². The summed E-state index contributed by atoms with van der Waals surface area (Å²) in [4.78, 5) is 2.23. The largest absolute Gasteiger partial charge is 0.454 e. The molecule has 0 saturated carbocycles. The Morgan fingerprint density at radius 2 is 1.26 bits per heavy atom. The van der Waals surface area contributed by atoms with Crippen molar-refractivity contribution < 1.29 is 4.42 Å². The van der Waals surface area contributed by atoms with Crippen molar-refractivity contribution >= 4 is 54.9 Å². The molecule has 5 rings (SSSR count). The van der Waals surface area contributed by atoms with E-state index in [9.17, 15) is 0 Å². The summed E-state index contributed by atoms with van der Waals surface area (Å²) in [7, 11) is 0. The third-order valence-electron chi connectivity index (χ3n) is 4.72. The maximum atomic E-state index is 6.28. The predicted molar refractivity (Wildman–Crippen MR) is 116 cm³/mol. The first-order chi connectivity index (χ1) is 13.3. The molecule has 0 unspecified atom stereocenters. The van der Waals surface area contributed by atoms with Gasteiger partial charge in [0.2, 0.25) is 0 Å². The lowest BCUT2D eigenvalue weighted by atomic mass is 10.1. The van der Waals surface area contributed by atoms with E-state index in [1.807, 2.05) is 24.3 Å². The van der Waals surface area contributed by atoms with Crippen LogP contribution < -0.4 is 4.90 Å². The second-order valence-corrected chi connectivity index (χ2v) is 7.32. The number of hydrogen-bond donors (Lipinski definition) is 0. The third-order valence-corrected chi connectivity index (χ3v) is 5.25. The molecule has 0 atom stereocenters. The van der Waals surface area contributed by atoms with Crippen molar-refractivity contribution in [1.82, 2.24) is 0 Å². The van der Waals surface area contributed by atoms with Gasteiger partial charge in [0.25, 0.3) is 0 Å². The fraction of sp³-hybridized carbons (Fsp3) is 0. The van der Waals surface area contributed by atoms with E-state index in [1.54, 1.807) is 0 Å². The number of nitrogens with zero attached hydrogens (tertiary/aromatic N) is 1. The van der Waals surface area contributed by atoms with Gasteiger partial charge in [0.1, 0.15) is 5.58 Å². The molecule has 1 heterocycles. The highest BCUT2D eigenvalue weighted by atomic mass is 79.9. The van der Waals surface area contributed by atoms with E-state index in [2.05, 4.69) is 93.6 Å². The average molecular weight is 414 g/mol. The fourth-order valence-electron chi connectivity index (χ4n) is 3.50.